The molecule has 1 aliphatic carbocycles. The molecule has 0 bridgehead atoms. The molecule has 1 aliphatic rings. The molecule has 1 N–H and O–H groups in total. The normalized spacial score (nSPS) is 14.5. The molecule has 0 saturated heterocycles. The summed E-state index contributed by atoms with van der Waals surface area (Å²) in [6.45, 7) is 1.14. The highest BCUT2D eigenvalue weighted by Gasteiger charge is 2.35. The monoisotopic (exact) mass is 645 g/mol. The van der Waals surface area contributed by atoms with Crippen LogP contribution >= 0.6 is 23.2 Å². The molecule has 1 fully saturated rings. The number of benzene rings is 3. The molecule has 4 rings (SSSR count). The maximum atomic E-state index is 14.3. The van der Waals surface area contributed by atoms with Crippen LogP contribution in [0.3, 0.4) is 0 Å². The third kappa shape index (κ3) is 7.82. The number of nitrogens with zero attached hydrogens (tertiary/aromatic N) is 2. The van der Waals surface area contributed by atoms with Gasteiger partial charge in [-0.15, -0.1) is 0 Å². The van der Waals surface area contributed by atoms with Crippen LogP contribution in [0.25, 0.3) is 0 Å². The fraction of sp³-hybridized carbons (Fsp3) is 0.375. The number of amides is 2. The van der Waals surface area contributed by atoms with Crippen LogP contribution in [-0.4, -0.2) is 50.9 Å². The van der Waals surface area contributed by atoms with Gasteiger partial charge < -0.3 is 15.0 Å². The van der Waals surface area contributed by atoms with Crippen molar-refractivity contribution in [3.8, 4) is 5.75 Å². The number of rotatable bonds is 12. The Bertz CT molecular complexity index is 1490. The van der Waals surface area contributed by atoms with Crippen LogP contribution in [0.15, 0.2) is 77.7 Å². The van der Waals surface area contributed by atoms with Crippen molar-refractivity contribution in [2.45, 2.75) is 69.0 Å². The van der Waals surface area contributed by atoms with Gasteiger partial charge in [-0.25, -0.2) is 8.42 Å². The highest BCUT2D eigenvalue weighted by molar-refractivity contribution is 7.92. The summed E-state index contributed by atoms with van der Waals surface area (Å²) in [7, 11) is -2.79. The second-order valence-electron chi connectivity index (χ2n) is 10.5. The standard InChI is InChI=1S/C32H37Cl2N3O5S/c1-3-28(32(39)35-23-13-6-4-7-14-23)36(21-25-26(33)17-12-18-27(25)34)31(38)22-37(29-19-10-11-20-30(29)42-2)43(40,41)24-15-8-5-9-16-24/h5,8-12,15-20,23,28H,3-4,6-7,13-14,21-22H2,1-2H3,(H,35,39). The van der Waals surface area contributed by atoms with Crippen molar-refractivity contribution in [2.24, 2.45) is 0 Å². The molecule has 0 aromatic heterocycles. The first-order chi connectivity index (χ1) is 20.7. The number of hydrogen-bond acceptors (Lipinski definition) is 5. The van der Waals surface area contributed by atoms with Gasteiger partial charge in [0.25, 0.3) is 10.0 Å². The lowest BCUT2D eigenvalue weighted by atomic mass is 9.95. The minimum absolute atomic E-state index is 0.0106. The lowest BCUT2D eigenvalue weighted by Gasteiger charge is -2.35. The largest absolute Gasteiger partial charge is 0.495 e. The number of methoxy groups -OCH3 is 1. The molecule has 43 heavy (non-hydrogen) atoms. The van der Waals surface area contributed by atoms with Crippen LogP contribution in [0.1, 0.15) is 51.0 Å². The Morgan fingerprint density at radius 2 is 1.56 bits per heavy atom. The third-order valence-corrected chi connectivity index (χ3v) is 10.2. The number of hydrogen-bond donors (Lipinski definition) is 1. The van der Waals surface area contributed by atoms with Gasteiger partial charge in [-0.1, -0.05) is 85.8 Å². The van der Waals surface area contributed by atoms with E-state index in [9.17, 15) is 18.0 Å². The van der Waals surface area contributed by atoms with E-state index in [4.69, 9.17) is 27.9 Å². The van der Waals surface area contributed by atoms with Gasteiger partial charge >= 0.3 is 0 Å². The molecule has 3 aromatic carbocycles. The van der Waals surface area contributed by atoms with Crippen molar-refractivity contribution in [1.82, 2.24) is 10.2 Å². The number of nitrogens with one attached hydrogen (secondary N) is 1. The number of para-hydroxylation sites is 2. The molecule has 8 nitrogen and oxygen atoms in total. The van der Waals surface area contributed by atoms with Crippen molar-refractivity contribution in [2.75, 3.05) is 18.0 Å². The van der Waals surface area contributed by atoms with E-state index < -0.39 is 28.5 Å². The fourth-order valence-electron chi connectivity index (χ4n) is 5.39. The van der Waals surface area contributed by atoms with E-state index >= 15 is 0 Å². The van der Waals surface area contributed by atoms with E-state index in [1.807, 2.05) is 6.92 Å². The zero-order chi connectivity index (χ0) is 31.0. The molecule has 0 radical (unpaired) electrons. The molecule has 1 unspecified atom stereocenters. The van der Waals surface area contributed by atoms with E-state index in [1.165, 1.54) is 24.1 Å². The van der Waals surface area contributed by atoms with Crippen molar-refractivity contribution in [3.63, 3.8) is 0 Å². The first-order valence-corrected chi connectivity index (χ1v) is 16.6. The SMILES string of the molecule is CCC(C(=O)NC1CCCCC1)N(Cc1c(Cl)cccc1Cl)C(=O)CN(c1ccccc1OC)S(=O)(=O)c1ccccc1. The third-order valence-electron chi connectivity index (χ3n) is 7.69. The molecule has 3 aromatic rings. The van der Waals surface area contributed by atoms with Gasteiger partial charge in [0.1, 0.15) is 18.3 Å². The molecule has 0 spiro atoms. The summed E-state index contributed by atoms with van der Waals surface area (Å²) in [5.74, 6) is -0.606. The molecule has 1 saturated carbocycles. The van der Waals surface area contributed by atoms with Crippen LogP contribution in [0, 0.1) is 0 Å². The second kappa shape index (κ2) is 14.9. The van der Waals surface area contributed by atoms with E-state index in [0.29, 0.717) is 22.0 Å². The highest BCUT2D eigenvalue weighted by Crippen LogP contribution is 2.33. The number of anilines is 1. The number of halogens is 2. The molecule has 2 amide bonds. The average molecular weight is 647 g/mol. The van der Waals surface area contributed by atoms with Gasteiger partial charge in [0, 0.05) is 28.2 Å². The van der Waals surface area contributed by atoms with Crippen LogP contribution in [0.4, 0.5) is 5.69 Å². The second-order valence-corrected chi connectivity index (χ2v) is 13.2. The number of ether oxygens (including phenoxy) is 1. The summed E-state index contributed by atoms with van der Waals surface area (Å²) >= 11 is 13.0. The zero-order valence-corrected chi connectivity index (χ0v) is 26.7. The maximum absolute atomic E-state index is 14.3. The van der Waals surface area contributed by atoms with Crippen molar-refractivity contribution in [1.29, 1.82) is 0 Å². The van der Waals surface area contributed by atoms with E-state index in [0.717, 1.165) is 36.4 Å². The lowest BCUT2D eigenvalue weighted by molar-refractivity contribution is -0.140. The topological polar surface area (TPSA) is 96.0 Å². The van der Waals surface area contributed by atoms with E-state index in [-0.39, 0.29) is 34.8 Å². The van der Waals surface area contributed by atoms with E-state index in [2.05, 4.69) is 5.32 Å². The first kappa shape index (κ1) is 32.6. The Kier molecular flexibility index (Phi) is 11.3. The lowest BCUT2D eigenvalue weighted by Crippen LogP contribution is -2.54. The summed E-state index contributed by atoms with van der Waals surface area (Å²) in [6.07, 6.45) is 5.25. The Hall–Kier alpha value is -3.27. The Labute approximate surface area is 264 Å². The summed E-state index contributed by atoms with van der Waals surface area (Å²) in [5, 5.41) is 3.81. The molecule has 0 aliphatic heterocycles. The predicted molar refractivity (Wildman–Crippen MR) is 170 cm³/mol. The van der Waals surface area contributed by atoms with Gasteiger partial charge in [0.2, 0.25) is 11.8 Å². The van der Waals surface area contributed by atoms with Gasteiger partial charge in [0.15, 0.2) is 0 Å². The van der Waals surface area contributed by atoms with Crippen LogP contribution in [-0.2, 0) is 26.2 Å². The summed E-state index contributed by atoms with van der Waals surface area (Å²) in [6, 6.07) is 18.6. The predicted octanol–water partition coefficient (Wildman–Crippen LogP) is 6.45. The molecule has 230 valence electrons. The number of sulfonamides is 1. The van der Waals surface area contributed by atoms with Gasteiger partial charge in [-0.3, -0.25) is 13.9 Å². The minimum Gasteiger partial charge on any atom is -0.495 e. The Balaban J connectivity index is 1.76. The molecule has 1 atom stereocenters. The maximum Gasteiger partial charge on any atom is 0.264 e. The summed E-state index contributed by atoms with van der Waals surface area (Å²) < 4.78 is 34.6. The zero-order valence-electron chi connectivity index (χ0n) is 24.3. The summed E-state index contributed by atoms with van der Waals surface area (Å²) in [5.41, 5.74) is 0.662. The fourth-order valence-corrected chi connectivity index (χ4v) is 7.35. The first-order valence-electron chi connectivity index (χ1n) is 14.4. The van der Waals surface area contributed by atoms with Crippen molar-refractivity contribution < 1.29 is 22.7 Å². The number of carbonyl (C=O) groups is 2. The highest BCUT2D eigenvalue weighted by atomic mass is 35.5. The van der Waals surface area contributed by atoms with Gasteiger partial charge in [-0.2, -0.15) is 0 Å². The van der Waals surface area contributed by atoms with Crippen LogP contribution < -0.4 is 14.4 Å². The minimum atomic E-state index is -4.23. The van der Waals surface area contributed by atoms with Crippen LogP contribution in [0.5, 0.6) is 5.75 Å². The Morgan fingerprint density at radius 1 is 0.930 bits per heavy atom. The summed E-state index contributed by atoms with van der Waals surface area (Å²) in [4.78, 5) is 29.4. The number of carbonyl (C=O) groups excluding carboxylic acids is 2. The van der Waals surface area contributed by atoms with Gasteiger partial charge in [0.05, 0.1) is 17.7 Å². The van der Waals surface area contributed by atoms with Crippen molar-refractivity contribution in [3.05, 3.63) is 88.4 Å². The smallest absolute Gasteiger partial charge is 0.264 e. The Morgan fingerprint density at radius 3 is 2.19 bits per heavy atom. The van der Waals surface area contributed by atoms with E-state index in [1.54, 1.807) is 60.7 Å². The average Bonchev–Trinajstić information content (AvgIpc) is 3.02. The quantitative estimate of drug-likeness (QED) is 0.244. The molecular formula is C32H37Cl2N3O5S. The van der Waals surface area contributed by atoms with Crippen LogP contribution in [0.2, 0.25) is 10.0 Å². The molecule has 11 heteroatoms. The van der Waals surface area contributed by atoms with Crippen molar-refractivity contribution >= 4 is 50.7 Å². The molecule has 0 heterocycles. The van der Waals surface area contributed by atoms with Gasteiger partial charge in [-0.05, 0) is 55.7 Å². The molecular weight excluding hydrogens is 609 g/mol.